The molecule has 37 heavy (non-hydrogen) atoms. The number of H-pyrrole nitrogens is 1. The summed E-state index contributed by atoms with van der Waals surface area (Å²) in [6.07, 6.45) is 2.85. The van der Waals surface area contributed by atoms with E-state index in [-0.39, 0.29) is 34.3 Å². The molecule has 0 radical (unpaired) electrons. The van der Waals surface area contributed by atoms with Crippen LogP contribution in [0.2, 0.25) is 0 Å². The predicted molar refractivity (Wildman–Crippen MR) is 145 cm³/mol. The second-order valence-electron chi connectivity index (χ2n) is 8.78. The molecule has 0 saturated carbocycles. The Balaban J connectivity index is 1.97. The summed E-state index contributed by atoms with van der Waals surface area (Å²) in [7, 11) is 0. The number of aromatic nitrogens is 2. The number of carbonyl (C=O) groups excluding carboxylic acids is 2. The molecule has 2 aromatic carbocycles. The van der Waals surface area contributed by atoms with Gasteiger partial charge in [-0.05, 0) is 81.3 Å². The molecule has 0 aliphatic heterocycles. The third-order valence-corrected chi connectivity index (χ3v) is 6.01. The first kappa shape index (κ1) is 25.4. The smallest absolute Gasteiger partial charge is 0.267 e. The maximum Gasteiger partial charge on any atom is 0.267 e. The van der Waals surface area contributed by atoms with Gasteiger partial charge in [0, 0.05) is 29.7 Å². The Morgan fingerprint density at radius 2 is 1.78 bits per heavy atom. The maximum atomic E-state index is 13.9. The monoisotopic (exact) mass is 501 g/mol. The summed E-state index contributed by atoms with van der Waals surface area (Å²) in [5, 5.41) is 8.88. The van der Waals surface area contributed by atoms with Crippen LogP contribution in [0.5, 0.6) is 0 Å². The minimum atomic E-state index is -0.377. The maximum absolute atomic E-state index is 13.9. The van der Waals surface area contributed by atoms with Gasteiger partial charge in [-0.15, -0.1) is 0 Å². The van der Waals surface area contributed by atoms with Crippen LogP contribution in [-0.4, -0.2) is 27.9 Å². The molecule has 190 valence electrons. The number of nitrogens with one attached hydrogen (secondary N) is 4. The van der Waals surface area contributed by atoms with Crippen LogP contribution in [0.15, 0.2) is 60.0 Å². The van der Waals surface area contributed by atoms with E-state index in [1.165, 1.54) is 18.2 Å². The van der Waals surface area contributed by atoms with Crippen LogP contribution in [0, 0.1) is 26.6 Å². The molecule has 0 atom stereocenters. The van der Waals surface area contributed by atoms with Crippen molar-refractivity contribution in [1.82, 2.24) is 14.9 Å². The van der Waals surface area contributed by atoms with Crippen molar-refractivity contribution >= 4 is 39.9 Å². The number of hydrogen-bond donors (Lipinski definition) is 4. The summed E-state index contributed by atoms with van der Waals surface area (Å²) in [4.78, 5) is 40.4. The Morgan fingerprint density at radius 3 is 2.43 bits per heavy atom. The number of hydrogen-bond acceptors (Lipinski definition) is 4. The largest absolute Gasteiger partial charge is 0.353 e. The standard InChI is InChI=1S/C28H28FN5O3/c1-6-24(35)31-19-8-9-20(32-25-15(3)10-18(29)11-16(25)4)22(12-19)34-14-17(5)27(36)26-23(34)13-21(33-26)28(37)30-7-2/h6,8-14,32-33H,1,7H2,2-5H3,(H,30,37)(H,31,35). The number of anilines is 3. The number of nitrogens with zero attached hydrogens (tertiary/aromatic N) is 1. The highest BCUT2D eigenvalue weighted by Crippen LogP contribution is 2.33. The molecule has 4 aromatic rings. The van der Waals surface area contributed by atoms with E-state index in [1.807, 2.05) is 20.8 Å². The molecule has 0 saturated heterocycles. The van der Waals surface area contributed by atoms with Crippen LogP contribution in [0.3, 0.4) is 0 Å². The first-order valence-corrected chi connectivity index (χ1v) is 11.8. The first-order chi connectivity index (χ1) is 17.6. The molecule has 0 aliphatic rings. The average molecular weight is 502 g/mol. The Morgan fingerprint density at radius 1 is 1.08 bits per heavy atom. The summed E-state index contributed by atoms with van der Waals surface area (Å²) < 4.78 is 15.7. The number of aryl methyl sites for hydroxylation is 3. The van der Waals surface area contributed by atoms with Crippen LogP contribution in [0.25, 0.3) is 16.7 Å². The highest BCUT2D eigenvalue weighted by molar-refractivity contribution is 6.00. The van der Waals surface area contributed by atoms with Gasteiger partial charge >= 0.3 is 0 Å². The van der Waals surface area contributed by atoms with E-state index in [4.69, 9.17) is 0 Å². The lowest BCUT2D eigenvalue weighted by Gasteiger charge is -2.20. The Kier molecular flexibility index (Phi) is 6.97. The van der Waals surface area contributed by atoms with Gasteiger partial charge in [-0.3, -0.25) is 14.4 Å². The van der Waals surface area contributed by atoms with E-state index in [2.05, 4.69) is 27.5 Å². The topological polar surface area (TPSA) is 108 Å². The van der Waals surface area contributed by atoms with Crippen LogP contribution in [-0.2, 0) is 4.79 Å². The number of pyridine rings is 1. The van der Waals surface area contributed by atoms with Gasteiger partial charge in [0.1, 0.15) is 17.0 Å². The summed E-state index contributed by atoms with van der Waals surface area (Å²) in [6, 6.07) is 9.77. The number of halogens is 1. The SMILES string of the molecule is C=CC(=O)Nc1ccc(Nc2c(C)cc(F)cc2C)c(-n2cc(C)c(=O)c3[nH]c(C(=O)NCC)cc32)c1. The van der Waals surface area contributed by atoms with Gasteiger partial charge in [-0.1, -0.05) is 6.58 Å². The van der Waals surface area contributed by atoms with E-state index in [0.29, 0.717) is 45.8 Å². The fraction of sp³-hybridized carbons (Fsp3) is 0.179. The third kappa shape index (κ3) is 5.02. The van der Waals surface area contributed by atoms with Crippen LogP contribution < -0.4 is 21.4 Å². The normalized spacial score (nSPS) is 10.8. The van der Waals surface area contributed by atoms with Gasteiger partial charge in [0.15, 0.2) is 0 Å². The second-order valence-corrected chi connectivity index (χ2v) is 8.78. The molecule has 2 heterocycles. The molecule has 4 rings (SSSR count). The van der Waals surface area contributed by atoms with E-state index < -0.39 is 0 Å². The third-order valence-electron chi connectivity index (χ3n) is 6.01. The van der Waals surface area contributed by atoms with Crippen molar-refractivity contribution in [3.05, 3.63) is 93.7 Å². The van der Waals surface area contributed by atoms with Crippen LogP contribution in [0.1, 0.15) is 34.1 Å². The summed E-state index contributed by atoms with van der Waals surface area (Å²) in [5.74, 6) is -1.03. The predicted octanol–water partition coefficient (Wildman–Crippen LogP) is 5.00. The molecule has 2 aromatic heterocycles. The van der Waals surface area contributed by atoms with E-state index in [1.54, 1.807) is 42.0 Å². The molecule has 0 spiro atoms. The van der Waals surface area contributed by atoms with Gasteiger partial charge in [0.2, 0.25) is 11.3 Å². The molecule has 0 bridgehead atoms. The lowest BCUT2D eigenvalue weighted by molar-refractivity contribution is -0.111. The Hall–Kier alpha value is -4.66. The van der Waals surface area contributed by atoms with Gasteiger partial charge in [0.25, 0.3) is 5.91 Å². The molecular weight excluding hydrogens is 473 g/mol. The van der Waals surface area contributed by atoms with Crippen molar-refractivity contribution in [2.24, 2.45) is 0 Å². The fourth-order valence-corrected chi connectivity index (χ4v) is 4.25. The molecule has 0 unspecified atom stereocenters. The molecular formula is C28H28FN5O3. The van der Waals surface area contributed by atoms with Crippen molar-refractivity contribution in [1.29, 1.82) is 0 Å². The quantitative estimate of drug-likeness (QED) is 0.267. The second kappa shape index (κ2) is 10.1. The number of carbonyl (C=O) groups is 2. The molecule has 0 aliphatic carbocycles. The van der Waals surface area contributed by atoms with Gasteiger partial charge in [-0.25, -0.2) is 4.39 Å². The van der Waals surface area contributed by atoms with Gasteiger partial charge in [0.05, 0.1) is 16.9 Å². The zero-order valence-corrected chi connectivity index (χ0v) is 21.1. The van der Waals surface area contributed by atoms with E-state index in [0.717, 1.165) is 5.69 Å². The zero-order chi connectivity index (χ0) is 26.9. The number of benzene rings is 2. The van der Waals surface area contributed by atoms with Gasteiger partial charge < -0.3 is 25.5 Å². The van der Waals surface area contributed by atoms with Crippen molar-refractivity contribution in [3.63, 3.8) is 0 Å². The molecule has 2 amide bonds. The molecule has 9 heteroatoms. The van der Waals surface area contributed by atoms with Crippen molar-refractivity contribution < 1.29 is 14.0 Å². The fourth-order valence-electron chi connectivity index (χ4n) is 4.25. The zero-order valence-electron chi connectivity index (χ0n) is 21.1. The van der Waals surface area contributed by atoms with Crippen molar-refractivity contribution in [3.8, 4) is 5.69 Å². The van der Waals surface area contributed by atoms with E-state index >= 15 is 0 Å². The minimum absolute atomic E-state index is 0.224. The number of fused-ring (bicyclic) bond motifs is 1. The Bertz CT molecular complexity index is 1590. The molecule has 0 fully saturated rings. The first-order valence-electron chi connectivity index (χ1n) is 11.8. The summed E-state index contributed by atoms with van der Waals surface area (Å²) in [5.41, 5.74) is 5.15. The minimum Gasteiger partial charge on any atom is -0.353 e. The highest BCUT2D eigenvalue weighted by Gasteiger charge is 2.18. The number of amides is 2. The lowest BCUT2D eigenvalue weighted by Crippen LogP contribution is -2.22. The van der Waals surface area contributed by atoms with Gasteiger partial charge in [-0.2, -0.15) is 0 Å². The van der Waals surface area contributed by atoms with E-state index in [9.17, 15) is 18.8 Å². The summed E-state index contributed by atoms with van der Waals surface area (Å²) >= 11 is 0. The number of rotatable bonds is 7. The van der Waals surface area contributed by atoms with Crippen molar-refractivity contribution in [2.75, 3.05) is 17.2 Å². The average Bonchev–Trinajstić information content (AvgIpc) is 3.30. The molecule has 4 N–H and O–H groups in total. The van der Waals surface area contributed by atoms with Crippen molar-refractivity contribution in [2.45, 2.75) is 27.7 Å². The summed E-state index contributed by atoms with van der Waals surface area (Å²) in [6.45, 7) is 11.1. The lowest BCUT2D eigenvalue weighted by atomic mass is 10.1. The number of aromatic amines is 1. The van der Waals surface area contributed by atoms with Crippen LogP contribution >= 0.6 is 0 Å². The molecule has 8 nitrogen and oxygen atoms in total. The highest BCUT2D eigenvalue weighted by atomic mass is 19.1. The van der Waals surface area contributed by atoms with Crippen LogP contribution in [0.4, 0.5) is 21.5 Å². The Labute approximate surface area is 213 Å².